The van der Waals surface area contributed by atoms with Crippen LogP contribution in [0.25, 0.3) is 0 Å². The zero-order valence-electron chi connectivity index (χ0n) is 38.1. The van der Waals surface area contributed by atoms with Gasteiger partial charge >= 0.3 is 5.97 Å². The van der Waals surface area contributed by atoms with Crippen molar-refractivity contribution >= 4 is 90.9 Å². The van der Waals surface area contributed by atoms with Crippen LogP contribution in [-0.2, 0) is 20.9 Å². The summed E-state index contributed by atoms with van der Waals surface area (Å²) in [6, 6.07) is 9.68. The van der Waals surface area contributed by atoms with Gasteiger partial charge in [-0.05, 0) is 104 Å². The standard InChI is InChI=1S/C25H28ClN7OS.C22H27N5O2S/c1-15-16(2)35-25-22(15)23(18-5-7-19(26)8-6-18)31-20(24(28)33(25)17(3)27)13-21(34)30-9-4-11-32-12-10-29-14-32;1-12-13(2)30-21-18(12)19(15-7-9-25-10-8-15)26-16(20(24)27(21)14(3)23)11-17(28)29-22(4,5)6/h5-8,10,12,14,20,27-28H,4,9,11,13H2,1-3H3,(H,30,34);7-10,16,23-24H,11H2,1-6H3. The number of aromatic nitrogens is 3. The van der Waals surface area contributed by atoms with E-state index in [-0.39, 0.29) is 42.1 Å². The third-order valence-corrected chi connectivity index (χ3v) is 13.3. The zero-order valence-corrected chi connectivity index (χ0v) is 40.5. The van der Waals surface area contributed by atoms with Crippen molar-refractivity contribution in [3.05, 3.63) is 116 Å². The van der Waals surface area contributed by atoms with Crippen molar-refractivity contribution in [2.45, 2.75) is 106 Å². The number of fused-ring (bicyclic) bond motifs is 2. The average molecular weight is 936 g/mol. The second kappa shape index (κ2) is 20.3. The van der Waals surface area contributed by atoms with Gasteiger partial charge in [0.05, 0.1) is 30.6 Å². The summed E-state index contributed by atoms with van der Waals surface area (Å²) in [6.45, 7) is 18.1. The number of aryl methyl sites for hydroxylation is 3. The Morgan fingerprint density at radius 3 is 1.75 bits per heavy atom. The van der Waals surface area contributed by atoms with Gasteiger partial charge in [-0.2, -0.15) is 0 Å². The first-order valence-corrected chi connectivity index (χ1v) is 23.1. The number of hydrogen-bond acceptors (Lipinski definition) is 13. The number of hydrogen-bond donors (Lipinski definition) is 5. The number of amidine groups is 4. The van der Waals surface area contributed by atoms with Gasteiger partial charge in [-0.15, -0.1) is 22.7 Å². The Bertz CT molecular complexity index is 2680. The molecule has 65 heavy (non-hydrogen) atoms. The number of esters is 1. The lowest BCUT2D eigenvalue weighted by Crippen LogP contribution is -2.42. The molecule has 340 valence electrons. The summed E-state index contributed by atoms with van der Waals surface area (Å²) < 4.78 is 7.44. The number of aliphatic imine (C=N–C) groups is 2. The molecule has 0 radical (unpaired) electrons. The minimum atomic E-state index is -0.761. The van der Waals surface area contributed by atoms with Gasteiger partial charge in [0.1, 0.15) is 51.0 Å². The van der Waals surface area contributed by atoms with Crippen LogP contribution in [0.3, 0.4) is 0 Å². The van der Waals surface area contributed by atoms with Crippen molar-refractivity contribution in [3.8, 4) is 0 Å². The van der Waals surface area contributed by atoms with E-state index < -0.39 is 23.7 Å². The van der Waals surface area contributed by atoms with Crippen LogP contribution in [0.15, 0.2) is 77.5 Å². The molecule has 2 unspecified atom stereocenters. The number of imidazole rings is 1. The second-order valence-electron chi connectivity index (χ2n) is 16.8. The highest BCUT2D eigenvalue weighted by atomic mass is 35.5. The summed E-state index contributed by atoms with van der Waals surface area (Å²) in [5.41, 5.74) is 6.43. The Balaban J connectivity index is 0.000000218. The second-order valence-corrected chi connectivity index (χ2v) is 19.6. The van der Waals surface area contributed by atoms with Crippen LogP contribution in [0.5, 0.6) is 0 Å². The number of halogens is 1. The fourth-order valence-electron chi connectivity index (χ4n) is 7.37. The van der Waals surface area contributed by atoms with Crippen LogP contribution in [0.2, 0.25) is 5.02 Å². The van der Waals surface area contributed by atoms with Crippen molar-refractivity contribution in [3.63, 3.8) is 0 Å². The molecule has 0 bridgehead atoms. The molecule has 5 N–H and O–H groups in total. The molecule has 15 nitrogen and oxygen atoms in total. The first-order chi connectivity index (χ1) is 30.7. The van der Waals surface area contributed by atoms with Crippen LogP contribution in [0.4, 0.5) is 10.0 Å². The molecule has 2 atom stereocenters. The highest BCUT2D eigenvalue weighted by Crippen LogP contribution is 2.41. The highest BCUT2D eigenvalue weighted by molar-refractivity contribution is 7.17. The summed E-state index contributed by atoms with van der Waals surface area (Å²) in [5, 5.41) is 39.7. The molecule has 0 spiro atoms. The predicted molar refractivity (Wildman–Crippen MR) is 264 cm³/mol. The molecule has 2 aliphatic heterocycles. The number of carbonyl (C=O) groups excluding carboxylic acids is 2. The van der Waals surface area contributed by atoms with E-state index in [9.17, 15) is 9.59 Å². The number of nitrogens with zero attached hydrogens (tertiary/aromatic N) is 7. The number of amides is 1. The summed E-state index contributed by atoms with van der Waals surface area (Å²) >= 11 is 9.20. The third kappa shape index (κ3) is 11.2. The van der Waals surface area contributed by atoms with E-state index in [0.29, 0.717) is 23.0 Å². The molecule has 18 heteroatoms. The molecule has 7 rings (SSSR count). The van der Waals surface area contributed by atoms with E-state index in [1.165, 1.54) is 22.7 Å². The summed E-state index contributed by atoms with van der Waals surface area (Å²) in [6.07, 6.45) is 9.49. The van der Waals surface area contributed by atoms with Crippen molar-refractivity contribution < 1.29 is 14.3 Å². The molecule has 0 saturated carbocycles. The van der Waals surface area contributed by atoms with Crippen LogP contribution in [-0.4, -0.2) is 85.4 Å². The van der Waals surface area contributed by atoms with Gasteiger partial charge in [-0.1, -0.05) is 23.7 Å². The molecule has 0 saturated heterocycles. The van der Waals surface area contributed by atoms with Crippen LogP contribution in [0, 0.1) is 49.3 Å². The maximum Gasteiger partial charge on any atom is 0.308 e. The number of carbonyl (C=O) groups is 2. The van der Waals surface area contributed by atoms with Gasteiger partial charge < -0.3 is 14.6 Å². The number of rotatable bonds is 10. The van der Waals surface area contributed by atoms with Gasteiger partial charge in [0.15, 0.2) is 0 Å². The molecule has 4 aromatic heterocycles. The minimum absolute atomic E-state index is 0.0255. The number of ether oxygens (including phenoxy) is 1. The molecule has 0 aliphatic carbocycles. The van der Waals surface area contributed by atoms with E-state index in [2.05, 4.69) is 15.3 Å². The molecule has 2 aliphatic rings. The SMILES string of the molecule is CC(=N)N1C(=N)C(CC(=O)NCCCn2ccnc2)N=C(c2ccc(Cl)cc2)c2c1sc(C)c2C.CC(=N)N1C(=N)C(CC(=O)OC(C)(C)C)N=C(c2ccncc2)c2c1sc(C)c2C. The molecule has 1 amide bonds. The first-order valence-electron chi connectivity index (χ1n) is 21.1. The molecular formula is C47H55ClN12O3S2. The lowest BCUT2D eigenvalue weighted by Gasteiger charge is -2.25. The normalized spacial score (nSPS) is 16.0. The minimum Gasteiger partial charge on any atom is -0.460 e. The fourth-order valence-corrected chi connectivity index (χ4v) is 9.95. The summed E-state index contributed by atoms with van der Waals surface area (Å²) in [5.74, 6) is 0.0530. The quantitative estimate of drug-likeness (QED) is 0.0396. The molecule has 5 aromatic rings. The van der Waals surface area contributed by atoms with E-state index in [4.69, 9.17) is 48.0 Å². The summed E-state index contributed by atoms with van der Waals surface area (Å²) in [4.78, 5) is 48.8. The maximum absolute atomic E-state index is 12.8. The van der Waals surface area contributed by atoms with E-state index in [1.807, 2.05) is 95.6 Å². The Morgan fingerprint density at radius 1 is 0.769 bits per heavy atom. The number of benzene rings is 1. The van der Waals surface area contributed by atoms with Crippen molar-refractivity contribution in [1.29, 1.82) is 21.6 Å². The van der Waals surface area contributed by atoms with E-state index in [0.717, 1.165) is 66.1 Å². The Hall–Kier alpha value is -6.17. The number of thiophene rings is 2. The van der Waals surface area contributed by atoms with Gasteiger partial charge in [0.25, 0.3) is 0 Å². The van der Waals surface area contributed by atoms with Crippen molar-refractivity contribution in [2.75, 3.05) is 16.3 Å². The number of nitrogens with one attached hydrogen (secondary N) is 5. The summed E-state index contributed by atoms with van der Waals surface area (Å²) in [7, 11) is 0. The number of pyridine rings is 1. The van der Waals surface area contributed by atoms with Crippen LogP contribution >= 0.6 is 34.3 Å². The molecule has 0 fully saturated rings. The zero-order chi connectivity index (χ0) is 47.3. The van der Waals surface area contributed by atoms with Crippen molar-refractivity contribution in [2.24, 2.45) is 9.98 Å². The molecule has 1 aromatic carbocycles. The maximum atomic E-state index is 12.8. The smallest absolute Gasteiger partial charge is 0.308 e. The first kappa shape index (κ1) is 48.3. The largest absolute Gasteiger partial charge is 0.460 e. The van der Waals surface area contributed by atoms with Gasteiger partial charge in [0, 0.05) is 74.9 Å². The van der Waals surface area contributed by atoms with Gasteiger partial charge in [0.2, 0.25) is 5.91 Å². The van der Waals surface area contributed by atoms with Crippen molar-refractivity contribution in [1.82, 2.24) is 19.9 Å². The van der Waals surface area contributed by atoms with E-state index >= 15 is 0 Å². The third-order valence-electron chi connectivity index (χ3n) is 10.7. The lowest BCUT2D eigenvalue weighted by atomic mass is 9.99. The van der Waals surface area contributed by atoms with Gasteiger partial charge in [-0.25, -0.2) is 4.98 Å². The Labute approximate surface area is 392 Å². The Morgan fingerprint density at radius 2 is 1.28 bits per heavy atom. The Kier molecular flexibility index (Phi) is 15.1. The highest BCUT2D eigenvalue weighted by Gasteiger charge is 2.37. The predicted octanol–water partition coefficient (Wildman–Crippen LogP) is 9.30. The lowest BCUT2D eigenvalue weighted by molar-refractivity contribution is -0.154. The monoisotopic (exact) mass is 934 g/mol. The van der Waals surface area contributed by atoms with Gasteiger partial charge in [-0.3, -0.25) is 56.0 Å². The van der Waals surface area contributed by atoms with Crippen LogP contribution in [0.1, 0.15) is 97.0 Å². The molecular weight excluding hydrogens is 880 g/mol. The van der Waals surface area contributed by atoms with E-state index in [1.54, 1.807) is 48.6 Å². The topological polar surface area (TPSA) is 213 Å². The fraction of sp³-hybridized carbons (Fsp3) is 0.362. The molecule has 6 heterocycles. The average Bonchev–Trinajstić information content (AvgIpc) is 3.89. The number of anilines is 2. The van der Waals surface area contributed by atoms with Crippen LogP contribution < -0.4 is 15.1 Å².